The van der Waals surface area contributed by atoms with Crippen LogP contribution in [0.2, 0.25) is 0 Å². The third-order valence-electron chi connectivity index (χ3n) is 3.35. The molecule has 0 aliphatic carbocycles. The van der Waals surface area contributed by atoms with Crippen molar-refractivity contribution in [2.75, 3.05) is 25.2 Å². The van der Waals surface area contributed by atoms with Crippen LogP contribution in [0.1, 0.15) is 5.56 Å². The summed E-state index contributed by atoms with van der Waals surface area (Å²) in [6.45, 7) is -0.324. The number of anilines is 2. The summed E-state index contributed by atoms with van der Waals surface area (Å²) >= 11 is 0. The lowest BCUT2D eigenvalue weighted by Gasteiger charge is -2.18. The molecule has 21 heavy (non-hydrogen) atoms. The van der Waals surface area contributed by atoms with Crippen LogP contribution in [0.25, 0.3) is 11.1 Å². The molecule has 0 amide bonds. The van der Waals surface area contributed by atoms with Gasteiger partial charge in [-0.15, -0.1) is 0 Å². The number of ether oxygens (including phenoxy) is 1. The van der Waals surface area contributed by atoms with Crippen LogP contribution in [0.5, 0.6) is 5.75 Å². The van der Waals surface area contributed by atoms with Gasteiger partial charge in [-0.25, -0.2) is 0 Å². The summed E-state index contributed by atoms with van der Waals surface area (Å²) in [4.78, 5) is 0. The first-order chi connectivity index (χ1) is 10.1. The van der Waals surface area contributed by atoms with Gasteiger partial charge >= 0.3 is 0 Å². The fourth-order valence-electron chi connectivity index (χ4n) is 2.35. The van der Waals surface area contributed by atoms with E-state index in [1.807, 2.05) is 24.3 Å². The minimum absolute atomic E-state index is 0.246. The standard InChI is InChI=1S/C16H20N2O3/c1-21-16-5-3-2-4-12(16)13-6-10(17)7-15(18)14(13)8-11(20)9-19/h2-7,11,19-20H,8-9,17-18H2,1H3. The SMILES string of the molecule is COc1ccccc1-c1cc(N)cc(N)c1CC(O)CO. The number of nitrogen functional groups attached to an aromatic ring is 2. The Balaban J connectivity index is 2.61. The first-order valence-electron chi connectivity index (χ1n) is 6.67. The van der Waals surface area contributed by atoms with Gasteiger partial charge in [0.1, 0.15) is 5.75 Å². The molecule has 0 radical (unpaired) electrons. The molecule has 112 valence electrons. The third kappa shape index (κ3) is 3.26. The fraction of sp³-hybridized carbons (Fsp3) is 0.250. The maximum atomic E-state index is 9.73. The Bertz CT molecular complexity index is 629. The molecule has 1 unspecified atom stereocenters. The lowest BCUT2D eigenvalue weighted by molar-refractivity contribution is 0.0957. The number of aliphatic hydroxyl groups is 2. The summed E-state index contributed by atoms with van der Waals surface area (Å²) in [7, 11) is 1.59. The molecule has 0 saturated carbocycles. The van der Waals surface area contributed by atoms with Crippen molar-refractivity contribution in [1.82, 2.24) is 0 Å². The summed E-state index contributed by atoms with van der Waals surface area (Å²) in [6.07, 6.45) is -0.625. The summed E-state index contributed by atoms with van der Waals surface area (Å²) in [5.41, 5.74) is 15.4. The first kappa shape index (κ1) is 15.2. The smallest absolute Gasteiger partial charge is 0.126 e. The fourth-order valence-corrected chi connectivity index (χ4v) is 2.35. The van der Waals surface area contributed by atoms with E-state index in [1.165, 1.54) is 0 Å². The molecule has 2 aromatic carbocycles. The molecule has 0 bridgehead atoms. The van der Waals surface area contributed by atoms with Gasteiger partial charge in [-0.05, 0) is 29.3 Å². The number of benzene rings is 2. The molecular formula is C16H20N2O3. The molecule has 0 spiro atoms. The van der Waals surface area contributed by atoms with Crippen molar-refractivity contribution in [1.29, 1.82) is 0 Å². The van der Waals surface area contributed by atoms with Gasteiger partial charge in [-0.1, -0.05) is 18.2 Å². The van der Waals surface area contributed by atoms with Gasteiger partial charge in [0.25, 0.3) is 0 Å². The van der Waals surface area contributed by atoms with E-state index in [1.54, 1.807) is 19.2 Å². The Hall–Kier alpha value is -2.24. The second-order valence-corrected chi connectivity index (χ2v) is 4.88. The zero-order valence-electron chi connectivity index (χ0n) is 11.9. The number of aliphatic hydroxyl groups excluding tert-OH is 2. The molecule has 0 aliphatic rings. The Kier molecular flexibility index (Phi) is 4.67. The van der Waals surface area contributed by atoms with Crippen molar-refractivity contribution in [2.45, 2.75) is 12.5 Å². The Morgan fingerprint density at radius 3 is 2.52 bits per heavy atom. The van der Waals surface area contributed by atoms with Gasteiger partial charge in [0, 0.05) is 23.4 Å². The van der Waals surface area contributed by atoms with Gasteiger partial charge in [0.15, 0.2) is 0 Å². The van der Waals surface area contributed by atoms with Gasteiger partial charge in [-0.2, -0.15) is 0 Å². The van der Waals surface area contributed by atoms with Crippen LogP contribution >= 0.6 is 0 Å². The van der Waals surface area contributed by atoms with Crippen LogP contribution < -0.4 is 16.2 Å². The van der Waals surface area contributed by atoms with Gasteiger partial charge in [0.2, 0.25) is 0 Å². The lowest BCUT2D eigenvalue weighted by Crippen LogP contribution is -2.17. The number of para-hydroxylation sites is 1. The van der Waals surface area contributed by atoms with Crippen LogP contribution in [0, 0.1) is 0 Å². The Labute approximate surface area is 123 Å². The lowest BCUT2D eigenvalue weighted by atomic mass is 9.93. The van der Waals surface area contributed by atoms with Gasteiger partial charge in [-0.3, -0.25) is 0 Å². The highest BCUT2D eigenvalue weighted by molar-refractivity contribution is 5.81. The highest BCUT2D eigenvalue weighted by Gasteiger charge is 2.16. The molecule has 0 aromatic heterocycles. The van der Waals surface area contributed by atoms with E-state index in [0.717, 1.165) is 16.7 Å². The van der Waals surface area contributed by atoms with Crippen molar-refractivity contribution in [3.63, 3.8) is 0 Å². The average molecular weight is 288 g/mol. The second kappa shape index (κ2) is 6.47. The van der Waals surface area contributed by atoms with Crippen molar-refractivity contribution >= 4 is 11.4 Å². The molecule has 1 atom stereocenters. The van der Waals surface area contributed by atoms with Crippen LogP contribution in [-0.4, -0.2) is 30.0 Å². The summed E-state index contributed by atoms with van der Waals surface area (Å²) in [5.74, 6) is 0.697. The zero-order valence-corrected chi connectivity index (χ0v) is 11.9. The highest BCUT2D eigenvalue weighted by atomic mass is 16.5. The van der Waals surface area contributed by atoms with Crippen LogP contribution in [0.4, 0.5) is 11.4 Å². The van der Waals surface area contributed by atoms with Crippen molar-refractivity contribution in [3.8, 4) is 16.9 Å². The molecule has 0 heterocycles. The van der Waals surface area contributed by atoms with Crippen LogP contribution in [0.15, 0.2) is 36.4 Å². The van der Waals surface area contributed by atoms with E-state index < -0.39 is 6.10 Å². The van der Waals surface area contributed by atoms with E-state index >= 15 is 0 Å². The van der Waals surface area contributed by atoms with Crippen molar-refractivity contribution in [3.05, 3.63) is 42.0 Å². The first-order valence-corrected chi connectivity index (χ1v) is 6.67. The van der Waals surface area contributed by atoms with Crippen LogP contribution in [-0.2, 0) is 6.42 Å². The van der Waals surface area contributed by atoms with Gasteiger partial charge in [0.05, 0.1) is 19.8 Å². The zero-order chi connectivity index (χ0) is 15.4. The van der Waals surface area contributed by atoms with Crippen molar-refractivity contribution in [2.24, 2.45) is 0 Å². The van der Waals surface area contributed by atoms with Crippen molar-refractivity contribution < 1.29 is 14.9 Å². The highest BCUT2D eigenvalue weighted by Crippen LogP contribution is 2.36. The number of hydrogen-bond acceptors (Lipinski definition) is 5. The normalized spacial score (nSPS) is 12.1. The van der Waals surface area contributed by atoms with Crippen LogP contribution in [0.3, 0.4) is 0 Å². The molecule has 6 N–H and O–H groups in total. The van der Waals surface area contributed by atoms with E-state index in [2.05, 4.69) is 0 Å². The molecule has 2 aromatic rings. The average Bonchev–Trinajstić information content (AvgIpc) is 2.49. The monoisotopic (exact) mass is 288 g/mol. The number of nitrogens with two attached hydrogens (primary N) is 2. The molecular weight excluding hydrogens is 268 g/mol. The van der Waals surface area contributed by atoms with E-state index in [4.69, 9.17) is 21.3 Å². The predicted molar refractivity (Wildman–Crippen MR) is 84.1 cm³/mol. The molecule has 0 fully saturated rings. The minimum Gasteiger partial charge on any atom is -0.496 e. The van der Waals surface area contributed by atoms with E-state index in [-0.39, 0.29) is 13.0 Å². The predicted octanol–water partition coefficient (Wildman–Crippen LogP) is 1.42. The maximum Gasteiger partial charge on any atom is 0.126 e. The topological polar surface area (TPSA) is 102 Å². The quantitative estimate of drug-likeness (QED) is 0.623. The van der Waals surface area contributed by atoms with E-state index in [9.17, 15) is 5.11 Å². The second-order valence-electron chi connectivity index (χ2n) is 4.88. The molecule has 0 saturated heterocycles. The Morgan fingerprint density at radius 2 is 1.86 bits per heavy atom. The number of hydrogen-bond donors (Lipinski definition) is 4. The largest absolute Gasteiger partial charge is 0.496 e. The Morgan fingerprint density at radius 1 is 1.14 bits per heavy atom. The number of methoxy groups -OCH3 is 1. The summed E-state index contributed by atoms with van der Waals surface area (Å²) < 4.78 is 5.37. The molecule has 2 rings (SSSR count). The maximum absolute atomic E-state index is 9.73. The number of rotatable bonds is 5. The molecule has 5 heteroatoms. The third-order valence-corrected chi connectivity index (χ3v) is 3.35. The minimum atomic E-state index is -0.871. The van der Waals surface area contributed by atoms with E-state index in [0.29, 0.717) is 17.1 Å². The van der Waals surface area contributed by atoms with Gasteiger partial charge < -0.3 is 26.4 Å². The molecule has 0 aliphatic heterocycles. The summed E-state index contributed by atoms with van der Waals surface area (Å²) in [5, 5.41) is 18.8. The molecule has 5 nitrogen and oxygen atoms in total. The summed E-state index contributed by atoms with van der Waals surface area (Å²) in [6, 6.07) is 11.0.